The van der Waals surface area contributed by atoms with E-state index in [0.29, 0.717) is 11.7 Å². The van der Waals surface area contributed by atoms with Crippen molar-refractivity contribution in [1.29, 1.82) is 0 Å². The number of hydrogen-bond donors (Lipinski definition) is 2. The van der Waals surface area contributed by atoms with E-state index in [1.165, 1.54) is 52.0 Å². The summed E-state index contributed by atoms with van der Waals surface area (Å²) in [6, 6.07) is 21.2. The van der Waals surface area contributed by atoms with Crippen molar-refractivity contribution in [2.45, 2.75) is 54.4 Å². The van der Waals surface area contributed by atoms with E-state index in [0.717, 1.165) is 39.3 Å². The Morgan fingerprint density at radius 2 is 1.83 bits per heavy atom. The molecule has 0 aliphatic heterocycles. The van der Waals surface area contributed by atoms with Gasteiger partial charge in [-0.3, -0.25) is 0 Å². The molecule has 4 aromatic rings. The summed E-state index contributed by atoms with van der Waals surface area (Å²) < 4.78 is 5.81. The number of aromatic hydroxyl groups is 1. The van der Waals surface area contributed by atoms with Gasteiger partial charge in [-0.1, -0.05) is 54.6 Å². The van der Waals surface area contributed by atoms with Gasteiger partial charge >= 0.3 is 0 Å². The van der Waals surface area contributed by atoms with Crippen molar-refractivity contribution in [2.75, 3.05) is 7.11 Å². The number of phenolic OH excluding ortho intramolecular Hbond substituents is 1. The number of ether oxygens (including phenoxy) is 1. The third-order valence-corrected chi connectivity index (χ3v) is 10.3. The molecule has 3 nitrogen and oxygen atoms in total. The SMILES string of the molecule is COc1cc2c(O)cc3c(c2cc1Sc1ccccc1C)-c1ccc(CO)cc1C31CC2CCC1C2. The number of methoxy groups -OCH3 is 1. The number of phenols is 1. The van der Waals surface area contributed by atoms with Crippen LogP contribution in [-0.4, -0.2) is 17.3 Å². The number of aliphatic hydroxyl groups excluding tert-OH is 1. The molecule has 3 atom stereocenters. The number of aliphatic hydroxyl groups is 1. The molecule has 2 saturated carbocycles. The first kappa shape index (κ1) is 22.3. The van der Waals surface area contributed by atoms with Crippen molar-refractivity contribution in [3.05, 3.63) is 82.9 Å². The Balaban J connectivity index is 1.51. The van der Waals surface area contributed by atoms with Gasteiger partial charge in [0.05, 0.1) is 18.6 Å². The van der Waals surface area contributed by atoms with Gasteiger partial charge in [0.2, 0.25) is 0 Å². The van der Waals surface area contributed by atoms with E-state index in [1.54, 1.807) is 18.9 Å². The van der Waals surface area contributed by atoms with Crippen LogP contribution in [0.25, 0.3) is 21.9 Å². The van der Waals surface area contributed by atoms with Gasteiger partial charge < -0.3 is 14.9 Å². The predicted octanol–water partition coefficient (Wildman–Crippen LogP) is 7.59. The summed E-state index contributed by atoms with van der Waals surface area (Å²) >= 11 is 1.72. The maximum atomic E-state index is 11.4. The van der Waals surface area contributed by atoms with E-state index in [9.17, 15) is 10.2 Å². The minimum absolute atomic E-state index is 0.0498. The van der Waals surface area contributed by atoms with Crippen molar-refractivity contribution in [2.24, 2.45) is 11.8 Å². The van der Waals surface area contributed by atoms with Crippen LogP contribution in [0.1, 0.15) is 47.9 Å². The standard InChI is InChI=1S/C32H30O3S/c1-18-5-3-4-6-29(18)36-30-14-24-23(13-28(30)35-2)27(34)15-26-31(24)22-10-8-20(17-33)12-25(22)32(26)16-19-7-9-21(32)11-19/h3-6,8,10,12-15,19,21,33-34H,7,9,11,16-17H2,1-2H3. The number of fused-ring (bicyclic) bond motifs is 10. The molecule has 3 aliphatic carbocycles. The first-order valence-corrected chi connectivity index (χ1v) is 13.7. The fourth-order valence-corrected chi connectivity index (χ4v) is 8.52. The lowest BCUT2D eigenvalue weighted by Crippen LogP contribution is -2.31. The average molecular weight is 495 g/mol. The summed E-state index contributed by atoms with van der Waals surface area (Å²) in [5.41, 5.74) is 7.28. The molecule has 0 saturated heterocycles. The summed E-state index contributed by atoms with van der Waals surface area (Å²) in [6.45, 7) is 2.18. The maximum Gasteiger partial charge on any atom is 0.133 e. The lowest BCUT2D eigenvalue weighted by molar-refractivity contribution is 0.280. The third-order valence-electron chi connectivity index (χ3n) is 9.06. The van der Waals surface area contributed by atoms with Crippen molar-refractivity contribution in [1.82, 2.24) is 0 Å². The van der Waals surface area contributed by atoms with Gasteiger partial charge in [0.1, 0.15) is 11.5 Å². The molecule has 0 amide bonds. The Morgan fingerprint density at radius 1 is 0.972 bits per heavy atom. The molecule has 4 heteroatoms. The topological polar surface area (TPSA) is 49.7 Å². The molecule has 3 aliphatic rings. The number of aryl methyl sites for hydroxylation is 1. The average Bonchev–Trinajstić information content (AvgIpc) is 3.58. The van der Waals surface area contributed by atoms with Gasteiger partial charge in [-0.15, -0.1) is 0 Å². The van der Waals surface area contributed by atoms with Crippen LogP contribution in [0.15, 0.2) is 70.5 Å². The summed E-state index contributed by atoms with van der Waals surface area (Å²) in [5.74, 6) is 2.43. The quantitative estimate of drug-likeness (QED) is 0.307. The number of hydrogen-bond acceptors (Lipinski definition) is 4. The Labute approximate surface area is 216 Å². The van der Waals surface area contributed by atoms with Crippen LogP contribution in [0.3, 0.4) is 0 Å². The van der Waals surface area contributed by atoms with E-state index in [4.69, 9.17) is 4.74 Å². The van der Waals surface area contributed by atoms with E-state index in [-0.39, 0.29) is 12.0 Å². The Bertz CT molecular complexity index is 1540. The number of benzene rings is 4. The van der Waals surface area contributed by atoms with Crippen LogP contribution in [0.4, 0.5) is 0 Å². The highest BCUT2D eigenvalue weighted by atomic mass is 32.2. The first-order chi connectivity index (χ1) is 17.5. The van der Waals surface area contributed by atoms with Crippen LogP contribution in [0.2, 0.25) is 0 Å². The Hall–Kier alpha value is -2.95. The minimum atomic E-state index is -0.0618. The van der Waals surface area contributed by atoms with Gasteiger partial charge in [-0.25, -0.2) is 0 Å². The fourth-order valence-electron chi connectivity index (χ4n) is 7.49. The van der Waals surface area contributed by atoms with Gasteiger partial charge in [0.25, 0.3) is 0 Å². The molecule has 36 heavy (non-hydrogen) atoms. The highest BCUT2D eigenvalue weighted by Gasteiger charge is 2.57. The molecule has 1 spiro atoms. The second-order valence-electron chi connectivity index (χ2n) is 10.8. The summed E-state index contributed by atoms with van der Waals surface area (Å²) in [6.07, 6.45) is 4.95. The Morgan fingerprint density at radius 3 is 2.56 bits per heavy atom. The molecule has 4 aromatic carbocycles. The lowest BCUT2D eigenvalue weighted by Gasteiger charge is -2.36. The monoisotopic (exact) mass is 494 g/mol. The molecule has 2 N–H and O–H groups in total. The van der Waals surface area contributed by atoms with E-state index >= 15 is 0 Å². The van der Waals surface area contributed by atoms with Crippen molar-refractivity contribution in [3.63, 3.8) is 0 Å². The summed E-state index contributed by atoms with van der Waals surface area (Å²) in [7, 11) is 1.70. The molecule has 2 fully saturated rings. The van der Waals surface area contributed by atoms with Crippen LogP contribution in [-0.2, 0) is 12.0 Å². The highest BCUT2D eigenvalue weighted by molar-refractivity contribution is 7.99. The molecule has 0 radical (unpaired) electrons. The highest BCUT2D eigenvalue weighted by Crippen LogP contribution is 2.67. The van der Waals surface area contributed by atoms with Gasteiger partial charge in [0.15, 0.2) is 0 Å². The molecule has 0 heterocycles. The van der Waals surface area contributed by atoms with Crippen LogP contribution >= 0.6 is 11.8 Å². The zero-order valence-corrected chi connectivity index (χ0v) is 21.5. The third kappa shape index (κ3) is 2.98. The molecule has 0 aromatic heterocycles. The molecular formula is C32H30O3S. The fraction of sp³-hybridized carbons (Fsp3) is 0.312. The van der Waals surface area contributed by atoms with Crippen molar-refractivity contribution in [3.8, 4) is 22.6 Å². The minimum Gasteiger partial charge on any atom is -0.507 e. The number of rotatable bonds is 4. The van der Waals surface area contributed by atoms with E-state index < -0.39 is 0 Å². The normalized spacial score (nSPS) is 23.4. The van der Waals surface area contributed by atoms with Gasteiger partial charge in [-0.05, 0) is 101 Å². The smallest absolute Gasteiger partial charge is 0.133 e. The summed E-state index contributed by atoms with van der Waals surface area (Å²) in [5, 5.41) is 23.2. The van der Waals surface area contributed by atoms with Gasteiger partial charge in [-0.2, -0.15) is 0 Å². The molecule has 7 rings (SSSR count). The Kier molecular flexibility index (Phi) is 4.96. The van der Waals surface area contributed by atoms with Crippen LogP contribution < -0.4 is 4.74 Å². The molecular weight excluding hydrogens is 464 g/mol. The molecule has 182 valence electrons. The molecule has 2 bridgehead atoms. The van der Waals surface area contributed by atoms with E-state index in [1.807, 2.05) is 12.1 Å². The molecule has 3 unspecified atom stereocenters. The van der Waals surface area contributed by atoms with Crippen LogP contribution in [0, 0.1) is 18.8 Å². The van der Waals surface area contributed by atoms with Gasteiger partial charge in [0, 0.05) is 15.7 Å². The summed E-state index contributed by atoms with van der Waals surface area (Å²) in [4.78, 5) is 2.25. The predicted molar refractivity (Wildman–Crippen MR) is 145 cm³/mol. The zero-order valence-electron chi connectivity index (χ0n) is 20.7. The largest absolute Gasteiger partial charge is 0.507 e. The zero-order chi connectivity index (χ0) is 24.6. The second-order valence-corrected chi connectivity index (χ2v) is 11.9. The lowest BCUT2D eigenvalue weighted by atomic mass is 9.66. The van der Waals surface area contributed by atoms with Crippen molar-refractivity contribution < 1.29 is 14.9 Å². The van der Waals surface area contributed by atoms with Crippen LogP contribution in [0.5, 0.6) is 11.5 Å². The second kappa shape index (κ2) is 8.03. The van der Waals surface area contributed by atoms with Crippen molar-refractivity contribution >= 4 is 22.5 Å². The van der Waals surface area contributed by atoms with E-state index in [2.05, 4.69) is 55.5 Å². The maximum absolute atomic E-state index is 11.4. The first-order valence-electron chi connectivity index (χ1n) is 12.9.